The van der Waals surface area contributed by atoms with E-state index in [2.05, 4.69) is 0 Å². The van der Waals surface area contributed by atoms with Crippen LogP contribution in [-0.2, 0) is 21.4 Å². The molecule has 2 aromatic carbocycles. The second-order valence-electron chi connectivity index (χ2n) is 6.87. The summed E-state index contributed by atoms with van der Waals surface area (Å²) in [6.45, 7) is 3.62. The van der Waals surface area contributed by atoms with Gasteiger partial charge in [0, 0.05) is 31.1 Å². The molecule has 29 heavy (non-hydrogen) atoms. The normalized spacial score (nSPS) is 11.8. The van der Waals surface area contributed by atoms with Crippen molar-refractivity contribution in [1.29, 1.82) is 0 Å². The highest BCUT2D eigenvalue weighted by Crippen LogP contribution is 2.24. The molecule has 3 rings (SSSR count). The van der Waals surface area contributed by atoms with Crippen LogP contribution < -0.4 is 5.63 Å². The molecule has 7 nitrogen and oxygen atoms in total. The van der Waals surface area contributed by atoms with Crippen LogP contribution in [0.5, 0.6) is 0 Å². The SMILES string of the molecule is Cc1ccc2c(COC(=O)c3cccc(S(=O)(=O)N(C)C)c3)cc(=O)oc2c1C. The van der Waals surface area contributed by atoms with Crippen LogP contribution in [0.1, 0.15) is 27.0 Å². The van der Waals surface area contributed by atoms with Gasteiger partial charge in [-0.25, -0.2) is 22.3 Å². The van der Waals surface area contributed by atoms with Gasteiger partial charge in [0.15, 0.2) is 0 Å². The predicted molar refractivity (Wildman–Crippen MR) is 108 cm³/mol. The van der Waals surface area contributed by atoms with Crippen LogP contribution in [0.4, 0.5) is 0 Å². The van der Waals surface area contributed by atoms with Crippen LogP contribution >= 0.6 is 0 Å². The average molecular weight is 415 g/mol. The molecular weight excluding hydrogens is 394 g/mol. The fourth-order valence-electron chi connectivity index (χ4n) is 2.86. The van der Waals surface area contributed by atoms with Crippen LogP contribution in [0.25, 0.3) is 11.0 Å². The van der Waals surface area contributed by atoms with Gasteiger partial charge in [-0.2, -0.15) is 0 Å². The zero-order valence-corrected chi connectivity index (χ0v) is 17.4. The number of carbonyl (C=O) groups is 1. The molecule has 0 aliphatic carbocycles. The summed E-state index contributed by atoms with van der Waals surface area (Å²) in [5, 5.41) is 0.685. The molecule has 0 aliphatic heterocycles. The molecule has 0 spiro atoms. The van der Waals surface area contributed by atoms with E-state index >= 15 is 0 Å². The molecule has 3 aromatic rings. The Morgan fingerprint density at radius 3 is 2.52 bits per heavy atom. The van der Waals surface area contributed by atoms with Gasteiger partial charge in [0.25, 0.3) is 0 Å². The number of aryl methyl sites for hydroxylation is 2. The molecule has 0 fully saturated rings. The molecule has 0 radical (unpaired) electrons. The van der Waals surface area contributed by atoms with Crippen LogP contribution in [0.3, 0.4) is 0 Å². The lowest BCUT2D eigenvalue weighted by Gasteiger charge is -2.12. The van der Waals surface area contributed by atoms with Crippen molar-refractivity contribution in [1.82, 2.24) is 4.31 Å². The molecule has 0 atom stereocenters. The monoisotopic (exact) mass is 415 g/mol. The molecule has 0 bridgehead atoms. The van der Waals surface area contributed by atoms with Gasteiger partial charge in [0.05, 0.1) is 10.5 Å². The first kappa shape index (κ1) is 20.8. The van der Waals surface area contributed by atoms with Gasteiger partial charge < -0.3 is 9.15 Å². The lowest BCUT2D eigenvalue weighted by molar-refractivity contribution is 0.0473. The van der Waals surface area contributed by atoms with Crippen molar-refractivity contribution in [2.75, 3.05) is 14.1 Å². The zero-order valence-electron chi connectivity index (χ0n) is 16.6. The lowest BCUT2D eigenvalue weighted by atomic mass is 10.0. The molecule has 0 aliphatic rings. The van der Waals surface area contributed by atoms with E-state index in [0.717, 1.165) is 15.4 Å². The molecule has 8 heteroatoms. The van der Waals surface area contributed by atoms with Crippen molar-refractivity contribution in [3.8, 4) is 0 Å². The van der Waals surface area contributed by atoms with Crippen molar-refractivity contribution >= 4 is 27.0 Å². The third kappa shape index (κ3) is 4.08. The van der Waals surface area contributed by atoms with Crippen molar-refractivity contribution < 1.29 is 22.4 Å². The summed E-state index contributed by atoms with van der Waals surface area (Å²) in [4.78, 5) is 24.4. The molecule has 152 valence electrons. The standard InChI is InChI=1S/C21H21NO6S/c1-13-8-9-18-16(11-19(23)28-20(18)14(13)2)12-27-21(24)15-6-5-7-17(10-15)29(25,26)22(3)4/h5-11H,12H2,1-4H3. The van der Waals surface area contributed by atoms with Crippen molar-refractivity contribution in [3.05, 3.63) is 75.1 Å². The Bertz CT molecular complexity index is 1260. The lowest BCUT2D eigenvalue weighted by Crippen LogP contribution is -2.22. The smallest absolute Gasteiger partial charge is 0.338 e. The Labute approximate surface area is 168 Å². The predicted octanol–water partition coefficient (Wildman–Crippen LogP) is 3.02. The van der Waals surface area contributed by atoms with E-state index in [1.54, 1.807) is 0 Å². The van der Waals surface area contributed by atoms with Crippen molar-refractivity contribution in [2.45, 2.75) is 25.3 Å². The van der Waals surface area contributed by atoms with Gasteiger partial charge in [-0.3, -0.25) is 0 Å². The molecule has 0 amide bonds. The minimum absolute atomic E-state index is 0.00569. The first-order valence-corrected chi connectivity index (χ1v) is 10.3. The Balaban J connectivity index is 1.89. The number of ether oxygens (including phenoxy) is 1. The number of rotatable bonds is 5. The largest absolute Gasteiger partial charge is 0.457 e. The molecule has 1 aromatic heterocycles. The van der Waals surface area contributed by atoms with Gasteiger partial charge in [-0.15, -0.1) is 0 Å². The maximum absolute atomic E-state index is 12.5. The van der Waals surface area contributed by atoms with Crippen LogP contribution in [0.15, 0.2) is 56.6 Å². The summed E-state index contributed by atoms with van der Waals surface area (Å²) in [6.07, 6.45) is 0. The summed E-state index contributed by atoms with van der Waals surface area (Å²) in [6, 6.07) is 10.6. The van der Waals surface area contributed by atoms with Gasteiger partial charge >= 0.3 is 11.6 Å². The van der Waals surface area contributed by atoms with Gasteiger partial charge in [-0.05, 0) is 43.2 Å². The third-order valence-electron chi connectivity index (χ3n) is 4.72. The third-order valence-corrected chi connectivity index (χ3v) is 6.54. The van der Waals surface area contributed by atoms with E-state index in [0.29, 0.717) is 16.5 Å². The topological polar surface area (TPSA) is 93.9 Å². The fraction of sp³-hybridized carbons (Fsp3) is 0.238. The first-order valence-electron chi connectivity index (χ1n) is 8.84. The molecule has 1 heterocycles. The Morgan fingerprint density at radius 1 is 1.10 bits per heavy atom. The van der Waals surface area contributed by atoms with Gasteiger partial charge in [0.2, 0.25) is 10.0 Å². The number of nitrogens with zero attached hydrogens (tertiary/aromatic N) is 1. The van der Waals surface area contributed by atoms with E-state index in [1.807, 2.05) is 26.0 Å². The number of hydrogen-bond donors (Lipinski definition) is 0. The van der Waals surface area contributed by atoms with Crippen LogP contribution in [0.2, 0.25) is 0 Å². The Hall–Kier alpha value is -2.97. The second-order valence-corrected chi connectivity index (χ2v) is 9.02. The molecular formula is C21H21NO6S. The van der Waals surface area contributed by atoms with E-state index in [-0.39, 0.29) is 17.1 Å². The van der Waals surface area contributed by atoms with E-state index in [4.69, 9.17) is 9.15 Å². The zero-order chi connectivity index (χ0) is 21.3. The number of sulfonamides is 1. The number of benzene rings is 2. The molecule has 0 unspecified atom stereocenters. The van der Waals surface area contributed by atoms with Crippen LogP contribution in [0, 0.1) is 13.8 Å². The number of esters is 1. The summed E-state index contributed by atoms with van der Waals surface area (Å²) in [5.41, 5.74) is 2.37. The van der Waals surface area contributed by atoms with E-state index < -0.39 is 21.6 Å². The average Bonchev–Trinajstić information content (AvgIpc) is 2.69. The summed E-state index contributed by atoms with van der Waals surface area (Å²) < 4.78 is 36.2. The minimum Gasteiger partial charge on any atom is -0.457 e. The van der Waals surface area contributed by atoms with Gasteiger partial charge in [0.1, 0.15) is 12.2 Å². The molecule has 0 N–H and O–H groups in total. The molecule has 0 saturated heterocycles. The summed E-state index contributed by atoms with van der Waals surface area (Å²) >= 11 is 0. The summed E-state index contributed by atoms with van der Waals surface area (Å²) in [5.74, 6) is -0.689. The maximum Gasteiger partial charge on any atom is 0.338 e. The Kier molecular flexibility index (Phi) is 5.59. The number of fused-ring (bicyclic) bond motifs is 1. The number of carbonyl (C=O) groups excluding carboxylic acids is 1. The maximum atomic E-state index is 12.5. The Morgan fingerprint density at radius 2 is 1.83 bits per heavy atom. The van der Waals surface area contributed by atoms with E-state index in [1.165, 1.54) is 44.4 Å². The second kappa shape index (κ2) is 7.81. The first-order chi connectivity index (χ1) is 13.6. The summed E-state index contributed by atoms with van der Waals surface area (Å²) in [7, 11) is -0.846. The minimum atomic E-state index is -3.67. The van der Waals surface area contributed by atoms with E-state index in [9.17, 15) is 18.0 Å². The number of hydrogen-bond acceptors (Lipinski definition) is 6. The van der Waals surface area contributed by atoms with Crippen molar-refractivity contribution in [3.63, 3.8) is 0 Å². The highest BCUT2D eigenvalue weighted by atomic mass is 32.2. The van der Waals surface area contributed by atoms with Crippen LogP contribution in [-0.4, -0.2) is 32.8 Å². The highest BCUT2D eigenvalue weighted by Gasteiger charge is 2.19. The quantitative estimate of drug-likeness (QED) is 0.470. The van der Waals surface area contributed by atoms with Crippen molar-refractivity contribution in [2.24, 2.45) is 0 Å². The fourth-order valence-corrected chi connectivity index (χ4v) is 3.81. The molecule has 0 saturated carbocycles. The van der Waals surface area contributed by atoms with Gasteiger partial charge in [-0.1, -0.05) is 18.2 Å². The highest BCUT2D eigenvalue weighted by molar-refractivity contribution is 7.89.